The monoisotopic (exact) mass is 248 g/mol. The third kappa shape index (κ3) is 4.31. The molecule has 3 nitrogen and oxygen atoms in total. The molecule has 0 spiro atoms. The summed E-state index contributed by atoms with van der Waals surface area (Å²) in [5, 5.41) is 0. The summed E-state index contributed by atoms with van der Waals surface area (Å²) in [5.41, 5.74) is 7.14. The number of piperidine rings is 1. The Hall–Kier alpha value is -1.06. The fourth-order valence-electron chi connectivity index (χ4n) is 2.36. The fourth-order valence-corrected chi connectivity index (χ4v) is 2.36. The zero-order chi connectivity index (χ0) is 12.8. The predicted octanol–water partition coefficient (Wildman–Crippen LogP) is 2.19. The molecule has 0 aliphatic carbocycles. The highest BCUT2D eigenvalue weighted by Gasteiger charge is 2.14. The van der Waals surface area contributed by atoms with Crippen molar-refractivity contribution >= 4 is 0 Å². The lowest BCUT2D eigenvalue weighted by molar-refractivity contribution is 0.194. The molecule has 0 aromatic heterocycles. The summed E-state index contributed by atoms with van der Waals surface area (Å²) in [6.07, 6.45) is 3.36. The Morgan fingerprint density at radius 2 is 2.11 bits per heavy atom. The SMILES string of the molecule is Cc1cccc(OCCCN2CCC(N)CC2)c1. The van der Waals surface area contributed by atoms with Gasteiger partial charge in [0.15, 0.2) is 0 Å². The van der Waals surface area contributed by atoms with Gasteiger partial charge in [-0.3, -0.25) is 0 Å². The molecule has 1 fully saturated rings. The van der Waals surface area contributed by atoms with Gasteiger partial charge in [-0.15, -0.1) is 0 Å². The number of nitrogens with zero attached hydrogens (tertiary/aromatic N) is 1. The molecule has 1 saturated heterocycles. The summed E-state index contributed by atoms with van der Waals surface area (Å²) in [5.74, 6) is 0.982. The van der Waals surface area contributed by atoms with Crippen LogP contribution in [-0.4, -0.2) is 37.2 Å². The normalized spacial score (nSPS) is 17.9. The van der Waals surface area contributed by atoms with E-state index in [1.165, 1.54) is 5.56 Å². The van der Waals surface area contributed by atoms with Gasteiger partial charge in [0.25, 0.3) is 0 Å². The Balaban J connectivity index is 1.61. The minimum absolute atomic E-state index is 0.421. The summed E-state index contributed by atoms with van der Waals surface area (Å²) < 4.78 is 5.75. The molecule has 1 aliphatic rings. The third-order valence-corrected chi connectivity index (χ3v) is 3.51. The predicted molar refractivity (Wildman–Crippen MR) is 74.9 cm³/mol. The highest BCUT2D eigenvalue weighted by molar-refractivity contribution is 5.27. The molecular weight excluding hydrogens is 224 g/mol. The number of rotatable bonds is 5. The van der Waals surface area contributed by atoms with Crippen LogP contribution < -0.4 is 10.5 Å². The van der Waals surface area contributed by atoms with Crippen molar-refractivity contribution in [1.82, 2.24) is 4.90 Å². The summed E-state index contributed by atoms with van der Waals surface area (Å²) >= 11 is 0. The van der Waals surface area contributed by atoms with Crippen LogP contribution in [0.25, 0.3) is 0 Å². The van der Waals surface area contributed by atoms with Gasteiger partial charge in [-0.25, -0.2) is 0 Å². The number of hydrogen-bond donors (Lipinski definition) is 1. The number of likely N-dealkylation sites (tertiary alicyclic amines) is 1. The molecule has 1 heterocycles. The van der Waals surface area contributed by atoms with E-state index in [2.05, 4.69) is 24.0 Å². The zero-order valence-electron chi connectivity index (χ0n) is 11.3. The quantitative estimate of drug-likeness (QED) is 0.812. The molecule has 3 heteroatoms. The maximum atomic E-state index is 5.89. The van der Waals surface area contributed by atoms with Gasteiger partial charge in [0.1, 0.15) is 5.75 Å². The van der Waals surface area contributed by atoms with Crippen molar-refractivity contribution in [3.63, 3.8) is 0 Å². The van der Waals surface area contributed by atoms with E-state index in [4.69, 9.17) is 10.5 Å². The second-order valence-corrected chi connectivity index (χ2v) is 5.20. The first-order chi connectivity index (χ1) is 8.74. The zero-order valence-corrected chi connectivity index (χ0v) is 11.3. The van der Waals surface area contributed by atoms with Crippen LogP contribution >= 0.6 is 0 Å². The Bertz CT molecular complexity index is 359. The molecule has 1 aromatic carbocycles. The molecule has 1 aromatic rings. The molecular formula is C15H24N2O. The van der Waals surface area contributed by atoms with Gasteiger partial charge in [-0.05, 0) is 57.0 Å². The lowest BCUT2D eigenvalue weighted by atomic mass is 10.1. The number of benzene rings is 1. The van der Waals surface area contributed by atoms with Crippen molar-refractivity contribution in [3.05, 3.63) is 29.8 Å². The average Bonchev–Trinajstić information content (AvgIpc) is 2.37. The van der Waals surface area contributed by atoms with Gasteiger partial charge < -0.3 is 15.4 Å². The van der Waals surface area contributed by atoms with Crippen molar-refractivity contribution in [2.45, 2.75) is 32.2 Å². The van der Waals surface area contributed by atoms with Crippen LogP contribution in [0.1, 0.15) is 24.8 Å². The molecule has 18 heavy (non-hydrogen) atoms. The standard InChI is InChI=1S/C15H24N2O/c1-13-4-2-5-15(12-13)18-11-3-8-17-9-6-14(16)7-10-17/h2,4-5,12,14H,3,6-11,16H2,1H3. The van der Waals surface area contributed by atoms with E-state index in [0.717, 1.165) is 51.3 Å². The summed E-state index contributed by atoms with van der Waals surface area (Å²) in [4.78, 5) is 2.49. The van der Waals surface area contributed by atoms with E-state index in [9.17, 15) is 0 Å². The lowest BCUT2D eigenvalue weighted by Crippen LogP contribution is -2.40. The van der Waals surface area contributed by atoms with Crippen molar-refractivity contribution in [2.24, 2.45) is 5.73 Å². The largest absolute Gasteiger partial charge is 0.494 e. The minimum atomic E-state index is 0.421. The molecule has 2 rings (SSSR count). The van der Waals surface area contributed by atoms with Gasteiger partial charge in [-0.1, -0.05) is 12.1 Å². The van der Waals surface area contributed by atoms with E-state index < -0.39 is 0 Å². The van der Waals surface area contributed by atoms with Gasteiger partial charge in [0.05, 0.1) is 6.61 Å². The molecule has 0 saturated carbocycles. The first-order valence-corrected chi connectivity index (χ1v) is 6.91. The summed E-state index contributed by atoms with van der Waals surface area (Å²) in [7, 11) is 0. The number of ether oxygens (including phenoxy) is 1. The number of hydrogen-bond acceptors (Lipinski definition) is 3. The highest BCUT2D eigenvalue weighted by Crippen LogP contribution is 2.13. The van der Waals surface area contributed by atoms with Gasteiger partial charge in [0, 0.05) is 12.6 Å². The summed E-state index contributed by atoms with van der Waals surface area (Å²) in [6.45, 7) is 6.30. The van der Waals surface area contributed by atoms with Crippen molar-refractivity contribution < 1.29 is 4.74 Å². The van der Waals surface area contributed by atoms with Crippen LogP contribution in [0.3, 0.4) is 0 Å². The number of nitrogens with two attached hydrogens (primary N) is 1. The third-order valence-electron chi connectivity index (χ3n) is 3.51. The van der Waals surface area contributed by atoms with E-state index >= 15 is 0 Å². The van der Waals surface area contributed by atoms with Crippen molar-refractivity contribution in [2.75, 3.05) is 26.2 Å². The molecule has 0 unspecified atom stereocenters. The topological polar surface area (TPSA) is 38.5 Å². The van der Waals surface area contributed by atoms with Crippen LogP contribution in [0, 0.1) is 6.92 Å². The molecule has 2 N–H and O–H groups in total. The molecule has 100 valence electrons. The average molecular weight is 248 g/mol. The summed E-state index contributed by atoms with van der Waals surface area (Å²) in [6, 6.07) is 8.65. The maximum absolute atomic E-state index is 5.89. The first-order valence-electron chi connectivity index (χ1n) is 6.91. The highest BCUT2D eigenvalue weighted by atomic mass is 16.5. The van der Waals surface area contributed by atoms with Gasteiger partial charge in [0.2, 0.25) is 0 Å². The second kappa shape index (κ2) is 6.76. The van der Waals surface area contributed by atoms with Gasteiger partial charge in [-0.2, -0.15) is 0 Å². The smallest absolute Gasteiger partial charge is 0.119 e. The Morgan fingerprint density at radius 3 is 2.83 bits per heavy atom. The van der Waals surface area contributed by atoms with Crippen LogP contribution in [-0.2, 0) is 0 Å². The second-order valence-electron chi connectivity index (χ2n) is 5.20. The maximum Gasteiger partial charge on any atom is 0.119 e. The minimum Gasteiger partial charge on any atom is -0.494 e. The lowest BCUT2D eigenvalue weighted by Gasteiger charge is -2.29. The molecule has 0 radical (unpaired) electrons. The van der Waals surface area contributed by atoms with Crippen LogP contribution in [0.4, 0.5) is 0 Å². The number of aryl methyl sites for hydroxylation is 1. The fraction of sp³-hybridized carbons (Fsp3) is 0.600. The molecule has 0 amide bonds. The van der Waals surface area contributed by atoms with E-state index in [1.807, 2.05) is 12.1 Å². The van der Waals surface area contributed by atoms with Crippen LogP contribution in [0.5, 0.6) is 5.75 Å². The van der Waals surface area contributed by atoms with E-state index in [1.54, 1.807) is 0 Å². The van der Waals surface area contributed by atoms with Crippen molar-refractivity contribution in [1.29, 1.82) is 0 Å². The molecule has 0 bridgehead atoms. The van der Waals surface area contributed by atoms with Crippen LogP contribution in [0.15, 0.2) is 24.3 Å². The molecule has 0 atom stereocenters. The Morgan fingerprint density at radius 1 is 1.33 bits per heavy atom. The first kappa shape index (κ1) is 13.4. The van der Waals surface area contributed by atoms with E-state index in [0.29, 0.717) is 6.04 Å². The Kier molecular flexibility index (Phi) is 5.02. The van der Waals surface area contributed by atoms with Crippen molar-refractivity contribution in [3.8, 4) is 5.75 Å². The molecule has 1 aliphatic heterocycles. The van der Waals surface area contributed by atoms with Crippen LogP contribution in [0.2, 0.25) is 0 Å². The Labute approximate surface area is 110 Å². The van der Waals surface area contributed by atoms with E-state index in [-0.39, 0.29) is 0 Å². The van der Waals surface area contributed by atoms with Gasteiger partial charge >= 0.3 is 0 Å².